The lowest BCUT2D eigenvalue weighted by Crippen LogP contribution is -2.45. The summed E-state index contributed by atoms with van der Waals surface area (Å²) in [5.74, 6) is -3.12. The molecule has 2 saturated heterocycles. The van der Waals surface area contributed by atoms with E-state index in [2.05, 4.69) is 47.6 Å². The molecule has 0 spiro atoms. The maximum absolute atomic E-state index is 14.3. The van der Waals surface area contributed by atoms with E-state index in [1.165, 1.54) is 14.7 Å². The Kier molecular flexibility index (Phi) is 12.2. The van der Waals surface area contributed by atoms with E-state index in [1.807, 2.05) is 24.3 Å². The molecule has 0 unspecified atom stereocenters. The number of piperidine rings is 1. The molecule has 4 aromatic carbocycles. The number of hydrogen-bond donors (Lipinski definition) is 4. The van der Waals surface area contributed by atoms with Gasteiger partial charge in [0.05, 0.1) is 49.1 Å². The van der Waals surface area contributed by atoms with E-state index >= 15 is 0 Å². The minimum Gasteiger partial charge on any atom is -0.482 e. The van der Waals surface area contributed by atoms with Gasteiger partial charge in [-0.15, -0.1) is 0 Å². The maximum Gasteiger partial charge on any atom is 0.271 e. The molecule has 0 aliphatic carbocycles. The first-order valence-corrected chi connectivity index (χ1v) is 23.2. The summed E-state index contributed by atoms with van der Waals surface area (Å²) in [6.45, 7) is 17.2. The van der Waals surface area contributed by atoms with Crippen molar-refractivity contribution in [1.29, 1.82) is 0 Å². The second kappa shape index (κ2) is 18.8. The second-order valence-electron chi connectivity index (χ2n) is 18.0. The fourth-order valence-electron chi connectivity index (χ4n) is 9.78. The normalized spacial score (nSPS) is 17.0. The molecule has 0 aromatic heterocycles. The van der Waals surface area contributed by atoms with Crippen LogP contribution in [0.25, 0.3) is 22.3 Å². The van der Waals surface area contributed by atoms with E-state index in [9.17, 15) is 38.4 Å². The molecule has 0 bridgehead atoms. The molecule has 0 radical (unpaired) electrons. The molecular formula is C53H48N8O11. The first-order valence-electron chi connectivity index (χ1n) is 23.2. The summed E-state index contributed by atoms with van der Waals surface area (Å²) in [6, 6.07) is 19.7. The van der Waals surface area contributed by atoms with Crippen molar-refractivity contribution >= 4 is 58.6 Å². The largest absolute Gasteiger partial charge is 0.482 e. The van der Waals surface area contributed by atoms with Crippen molar-refractivity contribution in [2.45, 2.75) is 31.8 Å². The van der Waals surface area contributed by atoms with Crippen molar-refractivity contribution in [3.63, 3.8) is 0 Å². The van der Waals surface area contributed by atoms with Crippen LogP contribution in [-0.2, 0) is 46.6 Å². The van der Waals surface area contributed by atoms with Gasteiger partial charge in [0, 0.05) is 37.3 Å². The Hall–Kier alpha value is -8.84. The van der Waals surface area contributed by atoms with Gasteiger partial charge in [-0.2, -0.15) is 0 Å². The molecule has 19 nitrogen and oxygen atoms in total. The molecule has 6 heterocycles. The lowest BCUT2D eigenvalue weighted by atomic mass is 9.84. The molecule has 0 saturated carbocycles. The minimum atomic E-state index is -0.769. The van der Waals surface area contributed by atoms with Crippen molar-refractivity contribution in [1.82, 2.24) is 30.2 Å². The van der Waals surface area contributed by atoms with Crippen molar-refractivity contribution in [2.75, 3.05) is 63.2 Å². The number of amides is 8. The first-order chi connectivity index (χ1) is 34.6. The summed E-state index contributed by atoms with van der Waals surface area (Å²) < 4.78 is 16.7. The lowest BCUT2D eigenvalue weighted by Gasteiger charge is -2.33. The van der Waals surface area contributed by atoms with Gasteiger partial charge in [-0.3, -0.25) is 48.2 Å². The topological polar surface area (TPSA) is 225 Å². The lowest BCUT2D eigenvalue weighted by molar-refractivity contribution is -0.132. The Morgan fingerprint density at radius 3 is 1.60 bits per heavy atom. The van der Waals surface area contributed by atoms with Gasteiger partial charge in [-0.25, -0.2) is 0 Å². The highest BCUT2D eigenvalue weighted by atomic mass is 16.5. The minimum absolute atomic E-state index is 0.00436. The maximum atomic E-state index is 14.3. The number of ether oxygens (including phenoxy) is 3. The SMILES string of the molecule is C=C(NC(=O)C(=C)N1Cc2c(cc(C3CCN(C(=O)C(=C)NC(=O)C(=C)N4Cc5c(cccc5-c5ccc6c(c5)OCC(=O)N6)C4=O)CC3)cc2-c2ccc3c(c2)OCC(=O)N3)C1=O)C(=O)N1CCOCC1. The summed E-state index contributed by atoms with van der Waals surface area (Å²) in [4.78, 5) is 111. The van der Waals surface area contributed by atoms with Crippen LogP contribution < -0.4 is 30.7 Å². The van der Waals surface area contributed by atoms with Crippen LogP contribution in [0, 0.1) is 0 Å². The van der Waals surface area contributed by atoms with Gasteiger partial charge >= 0.3 is 0 Å². The zero-order valence-electron chi connectivity index (χ0n) is 39.0. The van der Waals surface area contributed by atoms with E-state index in [4.69, 9.17) is 14.2 Å². The van der Waals surface area contributed by atoms with Crippen LogP contribution in [0.2, 0.25) is 0 Å². The zero-order valence-corrected chi connectivity index (χ0v) is 39.0. The molecule has 366 valence electrons. The number of morpholine rings is 1. The Labute approximate surface area is 412 Å². The number of carbonyl (C=O) groups excluding carboxylic acids is 8. The standard InChI is InChI=1S/C53H48N8O11/c1-28(54-48(64)30(3)60-24-40-36(6-5-7-37(40)52(60)68)33-8-10-42-44(22-33)71-26-46(62)56-42)50(66)58-14-12-32(13-15-58)35-20-38(34-9-11-43-45(23-34)72-27-47(63)57-43)41-25-61(53(69)39(41)21-35)31(4)49(65)55-29(2)51(67)59-16-18-70-19-17-59/h5-11,20-23,32H,1-4,12-19,24-27H2,(H,54,64)(H,55,65)(H,56,62)(H,57,63). The molecule has 6 aliphatic heterocycles. The third kappa shape index (κ3) is 8.74. The third-order valence-corrected chi connectivity index (χ3v) is 13.7. The summed E-state index contributed by atoms with van der Waals surface area (Å²) in [5, 5.41) is 10.6. The van der Waals surface area contributed by atoms with E-state index < -0.39 is 35.4 Å². The number of anilines is 2. The Balaban J connectivity index is 0.808. The number of nitrogens with zero attached hydrogens (tertiary/aromatic N) is 4. The van der Waals surface area contributed by atoms with Gasteiger partial charge in [-0.1, -0.05) is 56.6 Å². The summed E-state index contributed by atoms with van der Waals surface area (Å²) in [6.07, 6.45) is 0.967. The number of fused-ring (bicyclic) bond motifs is 4. The Bertz CT molecular complexity index is 3150. The van der Waals surface area contributed by atoms with Crippen LogP contribution >= 0.6 is 0 Å². The van der Waals surface area contributed by atoms with Crippen LogP contribution in [0.5, 0.6) is 11.5 Å². The van der Waals surface area contributed by atoms with Gasteiger partial charge in [-0.05, 0) is 94.1 Å². The molecule has 10 rings (SSSR count). The van der Waals surface area contributed by atoms with Crippen LogP contribution in [0.1, 0.15) is 56.2 Å². The van der Waals surface area contributed by atoms with Crippen molar-refractivity contribution in [3.05, 3.63) is 144 Å². The van der Waals surface area contributed by atoms with E-state index in [0.717, 1.165) is 16.7 Å². The number of rotatable bonds is 11. The molecule has 2 fully saturated rings. The third-order valence-electron chi connectivity index (χ3n) is 13.7. The van der Waals surface area contributed by atoms with Gasteiger partial charge in [0.25, 0.3) is 47.3 Å². The predicted octanol–water partition coefficient (Wildman–Crippen LogP) is 4.15. The fourth-order valence-corrected chi connectivity index (χ4v) is 9.78. The van der Waals surface area contributed by atoms with Crippen molar-refractivity contribution in [2.24, 2.45) is 0 Å². The zero-order chi connectivity index (χ0) is 50.5. The monoisotopic (exact) mass is 972 g/mol. The average molecular weight is 973 g/mol. The summed E-state index contributed by atoms with van der Waals surface area (Å²) in [7, 11) is 0. The quantitative estimate of drug-likeness (QED) is 0.156. The molecule has 0 atom stereocenters. The summed E-state index contributed by atoms with van der Waals surface area (Å²) in [5.41, 5.74) is 6.07. The first kappa shape index (κ1) is 46.9. The molecule has 72 heavy (non-hydrogen) atoms. The highest BCUT2D eigenvalue weighted by Crippen LogP contribution is 2.43. The molecule has 4 N–H and O–H groups in total. The van der Waals surface area contributed by atoms with E-state index in [-0.39, 0.29) is 79.9 Å². The molecular weight excluding hydrogens is 925 g/mol. The molecule has 6 aliphatic rings. The van der Waals surface area contributed by atoms with Gasteiger partial charge in [0.15, 0.2) is 13.2 Å². The van der Waals surface area contributed by atoms with Crippen LogP contribution in [0.3, 0.4) is 0 Å². The Morgan fingerprint density at radius 2 is 1.04 bits per heavy atom. The second-order valence-corrected chi connectivity index (χ2v) is 18.0. The number of likely N-dealkylation sites (tertiary alicyclic amines) is 1. The average Bonchev–Trinajstić information content (AvgIpc) is 3.92. The van der Waals surface area contributed by atoms with Crippen molar-refractivity contribution in [3.8, 4) is 33.8 Å². The van der Waals surface area contributed by atoms with Gasteiger partial charge in [0.2, 0.25) is 0 Å². The number of carbonyl (C=O) groups is 8. The van der Waals surface area contributed by atoms with E-state index in [1.54, 1.807) is 47.4 Å². The Morgan fingerprint density at radius 1 is 0.569 bits per heavy atom. The fraction of sp³-hybridized carbons (Fsp3) is 0.245. The number of hydrogen-bond acceptors (Lipinski definition) is 11. The van der Waals surface area contributed by atoms with Crippen LogP contribution in [0.4, 0.5) is 11.4 Å². The number of benzene rings is 4. The smallest absolute Gasteiger partial charge is 0.271 e. The van der Waals surface area contributed by atoms with Gasteiger partial charge in [0.1, 0.15) is 22.9 Å². The molecule has 4 aromatic rings. The highest BCUT2D eigenvalue weighted by molar-refractivity contribution is 6.10. The highest BCUT2D eigenvalue weighted by Gasteiger charge is 2.38. The number of nitrogens with one attached hydrogen (secondary N) is 4. The van der Waals surface area contributed by atoms with Crippen LogP contribution in [0.15, 0.2) is 116 Å². The molecule has 8 amide bonds. The van der Waals surface area contributed by atoms with E-state index in [0.29, 0.717) is 95.4 Å². The predicted molar refractivity (Wildman–Crippen MR) is 261 cm³/mol. The van der Waals surface area contributed by atoms with Crippen molar-refractivity contribution < 1.29 is 52.6 Å². The molecule has 19 heteroatoms. The van der Waals surface area contributed by atoms with Gasteiger partial charge < -0.3 is 45.3 Å². The van der Waals surface area contributed by atoms with Crippen LogP contribution in [-0.4, -0.2) is 119 Å². The summed E-state index contributed by atoms with van der Waals surface area (Å²) >= 11 is 0.